The van der Waals surface area contributed by atoms with Crippen LogP contribution in [0.4, 0.5) is 0 Å². The molecule has 30 heavy (non-hydrogen) atoms. The lowest BCUT2D eigenvalue weighted by Gasteiger charge is -2.32. The van der Waals surface area contributed by atoms with Gasteiger partial charge in [0.15, 0.2) is 5.79 Å². The molecule has 160 valence electrons. The molecular weight excluding hydrogens is 378 g/mol. The molecule has 0 radical (unpaired) electrons. The summed E-state index contributed by atoms with van der Waals surface area (Å²) in [4.78, 5) is 15.1. The predicted octanol–water partition coefficient (Wildman–Crippen LogP) is 3.92. The van der Waals surface area contributed by atoms with Gasteiger partial charge in [0.05, 0.1) is 6.61 Å². The van der Waals surface area contributed by atoms with E-state index in [0.29, 0.717) is 24.7 Å². The highest BCUT2D eigenvalue weighted by atomic mass is 16.6. The van der Waals surface area contributed by atoms with E-state index in [1.807, 2.05) is 30.0 Å². The Morgan fingerprint density at radius 3 is 2.63 bits per heavy atom. The van der Waals surface area contributed by atoms with E-state index >= 15 is 0 Å². The summed E-state index contributed by atoms with van der Waals surface area (Å²) in [5.41, 5.74) is 3.34. The Hall–Kier alpha value is -2.37. The standard InChI is InChI=1S/C25H31NO4/c1-18-15-19(9-10-22(18)29-13-14-30-24(2,3)28)23(27)26-12-11-25(16-21(25)17-26)20-7-5-4-6-8-20/h4-10,15,21,28H,11-14,16-17H2,1-3H3. The summed E-state index contributed by atoms with van der Waals surface area (Å²) in [6, 6.07) is 16.3. The summed E-state index contributed by atoms with van der Waals surface area (Å²) in [5, 5.41) is 9.57. The number of carbonyl (C=O) groups is 1. The number of hydrogen-bond donors (Lipinski definition) is 1. The molecule has 0 aromatic heterocycles. The maximum atomic E-state index is 13.1. The number of nitrogens with zero attached hydrogens (tertiary/aromatic N) is 1. The van der Waals surface area contributed by atoms with Crippen LogP contribution in [0.15, 0.2) is 48.5 Å². The van der Waals surface area contributed by atoms with E-state index in [1.165, 1.54) is 12.0 Å². The maximum Gasteiger partial charge on any atom is 0.253 e. The molecule has 5 heteroatoms. The van der Waals surface area contributed by atoms with Crippen molar-refractivity contribution < 1.29 is 19.4 Å². The number of likely N-dealkylation sites (tertiary alicyclic amines) is 1. The molecule has 5 nitrogen and oxygen atoms in total. The third-order valence-electron chi connectivity index (χ3n) is 6.35. The first-order valence-electron chi connectivity index (χ1n) is 10.7. The number of benzene rings is 2. The molecule has 0 spiro atoms. The van der Waals surface area contributed by atoms with Crippen LogP contribution in [0.5, 0.6) is 5.75 Å². The predicted molar refractivity (Wildman–Crippen MR) is 116 cm³/mol. The van der Waals surface area contributed by atoms with Gasteiger partial charge in [-0.15, -0.1) is 0 Å². The molecule has 1 aliphatic heterocycles. The first-order valence-corrected chi connectivity index (χ1v) is 10.7. The molecule has 2 aliphatic rings. The van der Waals surface area contributed by atoms with E-state index in [4.69, 9.17) is 9.47 Å². The van der Waals surface area contributed by atoms with Gasteiger partial charge < -0.3 is 19.5 Å². The van der Waals surface area contributed by atoms with Crippen LogP contribution < -0.4 is 4.74 Å². The maximum absolute atomic E-state index is 13.1. The van der Waals surface area contributed by atoms with Gasteiger partial charge in [0, 0.05) is 24.1 Å². The number of fused-ring (bicyclic) bond motifs is 1. The van der Waals surface area contributed by atoms with Gasteiger partial charge in [-0.1, -0.05) is 30.3 Å². The van der Waals surface area contributed by atoms with Crippen molar-refractivity contribution in [2.24, 2.45) is 5.92 Å². The van der Waals surface area contributed by atoms with Crippen molar-refractivity contribution in [1.82, 2.24) is 4.90 Å². The Bertz CT molecular complexity index is 905. The highest BCUT2D eigenvalue weighted by molar-refractivity contribution is 5.94. The van der Waals surface area contributed by atoms with Crippen LogP contribution in [0.2, 0.25) is 0 Å². The summed E-state index contributed by atoms with van der Waals surface area (Å²) in [6.45, 7) is 7.39. The SMILES string of the molecule is Cc1cc(C(=O)N2CCC3(c4ccccc4)CC3C2)ccc1OCCOC(C)(C)O. The highest BCUT2D eigenvalue weighted by Gasteiger charge is 2.57. The molecule has 2 aromatic rings. The minimum Gasteiger partial charge on any atom is -0.491 e. The van der Waals surface area contributed by atoms with Crippen molar-refractivity contribution in [2.45, 2.75) is 44.8 Å². The molecule has 0 bridgehead atoms. The molecule has 1 saturated heterocycles. The summed E-state index contributed by atoms with van der Waals surface area (Å²) < 4.78 is 11.0. The fourth-order valence-electron chi connectivity index (χ4n) is 4.64. The van der Waals surface area contributed by atoms with Crippen molar-refractivity contribution in [1.29, 1.82) is 0 Å². The van der Waals surface area contributed by atoms with Crippen molar-refractivity contribution in [3.05, 3.63) is 65.2 Å². The number of carbonyl (C=O) groups excluding carboxylic acids is 1. The molecule has 1 aliphatic carbocycles. The summed E-state index contributed by atoms with van der Waals surface area (Å²) in [7, 11) is 0. The van der Waals surface area contributed by atoms with Gasteiger partial charge in [-0.25, -0.2) is 0 Å². The molecule has 1 heterocycles. The van der Waals surface area contributed by atoms with E-state index in [2.05, 4.69) is 30.3 Å². The lowest BCUT2D eigenvalue weighted by Crippen LogP contribution is -2.40. The molecule has 1 amide bonds. The lowest BCUT2D eigenvalue weighted by molar-refractivity contribution is -0.179. The second-order valence-corrected chi connectivity index (χ2v) is 9.05. The number of ether oxygens (including phenoxy) is 2. The number of rotatable bonds is 7. The van der Waals surface area contributed by atoms with Crippen molar-refractivity contribution >= 4 is 5.91 Å². The third kappa shape index (κ3) is 4.37. The van der Waals surface area contributed by atoms with Crippen molar-refractivity contribution in [3.8, 4) is 5.75 Å². The summed E-state index contributed by atoms with van der Waals surface area (Å²) in [6.07, 6.45) is 2.22. The smallest absolute Gasteiger partial charge is 0.253 e. The van der Waals surface area contributed by atoms with E-state index in [9.17, 15) is 9.90 Å². The molecule has 1 N–H and O–H groups in total. The first-order chi connectivity index (χ1) is 14.3. The van der Waals surface area contributed by atoms with Crippen LogP contribution in [0, 0.1) is 12.8 Å². The number of aliphatic hydroxyl groups is 1. The van der Waals surface area contributed by atoms with Gasteiger partial charge in [-0.05, 0) is 68.9 Å². The molecule has 4 rings (SSSR count). The van der Waals surface area contributed by atoms with Crippen LogP contribution in [-0.2, 0) is 10.2 Å². The normalized spacial score (nSPS) is 23.1. The average molecular weight is 410 g/mol. The molecule has 2 atom stereocenters. The summed E-state index contributed by atoms with van der Waals surface area (Å²) >= 11 is 0. The zero-order chi connectivity index (χ0) is 21.4. The van der Waals surface area contributed by atoms with Gasteiger partial charge in [0.25, 0.3) is 5.91 Å². The van der Waals surface area contributed by atoms with Crippen molar-refractivity contribution in [2.75, 3.05) is 26.3 Å². The fraction of sp³-hybridized carbons (Fsp3) is 0.480. The van der Waals surface area contributed by atoms with Crippen molar-refractivity contribution in [3.63, 3.8) is 0 Å². The monoisotopic (exact) mass is 409 g/mol. The molecule has 1 saturated carbocycles. The number of piperidine rings is 1. The Labute approximate surface area is 178 Å². The van der Waals surface area contributed by atoms with Crippen LogP contribution in [-0.4, -0.2) is 48.0 Å². The second kappa shape index (κ2) is 8.05. The Morgan fingerprint density at radius 2 is 1.97 bits per heavy atom. The van der Waals surface area contributed by atoms with Crippen LogP contribution in [0.3, 0.4) is 0 Å². The number of aryl methyl sites for hydroxylation is 1. The Balaban J connectivity index is 1.34. The minimum absolute atomic E-state index is 0.101. The van der Waals surface area contributed by atoms with Gasteiger partial charge in [-0.3, -0.25) is 4.79 Å². The molecule has 2 fully saturated rings. The van der Waals surface area contributed by atoms with E-state index in [1.54, 1.807) is 13.8 Å². The average Bonchev–Trinajstić information content (AvgIpc) is 3.46. The van der Waals surface area contributed by atoms with Crippen LogP contribution >= 0.6 is 0 Å². The fourth-order valence-corrected chi connectivity index (χ4v) is 4.64. The van der Waals surface area contributed by atoms with Gasteiger partial charge in [-0.2, -0.15) is 0 Å². The van der Waals surface area contributed by atoms with Crippen LogP contribution in [0.25, 0.3) is 0 Å². The van der Waals surface area contributed by atoms with E-state index in [-0.39, 0.29) is 11.3 Å². The Morgan fingerprint density at radius 1 is 1.20 bits per heavy atom. The second-order valence-electron chi connectivity index (χ2n) is 9.05. The minimum atomic E-state index is -1.16. The van der Waals surface area contributed by atoms with Gasteiger partial charge in [0.1, 0.15) is 12.4 Å². The number of amides is 1. The highest BCUT2D eigenvalue weighted by Crippen LogP contribution is 2.59. The quantitative estimate of drug-likeness (QED) is 0.556. The summed E-state index contributed by atoms with van der Waals surface area (Å²) in [5.74, 6) is 0.235. The van der Waals surface area contributed by atoms with Crippen LogP contribution in [0.1, 0.15) is 48.2 Å². The lowest BCUT2D eigenvalue weighted by atomic mass is 9.87. The number of hydrogen-bond acceptors (Lipinski definition) is 4. The Kier molecular flexibility index (Phi) is 5.60. The zero-order valence-corrected chi connectivity index (χ0v) is 18.1. The molecular formula is C25H31NO4. The largest absolute Gasteiger partial charge is 0.491 e. The zero-order valence-electron chi connectivity index (χ0n) is 18.1. The molecule has 2 unspecified atom stereocenters. The van der Waals surface area contributed by atoms with Gasteiger partial charge >= 0.3 is 0 Å². The molecule has 2 aromatic carbocycles. The topological polar surface area (TPSA) is 59.0 Å². The first kappa shape index (κ1) is 20.9. The van der Waals surface area contributed by atoms with E-state index in [0.717, 1.165) is 30.8 Å². The van der Waals surface area contributed by atoms with E-state index < -0.39 is 5.79 Å². The van der Waals surface area contributed by atoms with Gasteiger partial charge in [0.2, 0.25) is 0 Å². The third-order valence-corrected chi connectivity index (χ3v) is 6.35.